The molecule has 1 aromatic carbocycles. The molecule has 0 aliphatic carbocycles. The maximum absolute atomic E-state index is 4.41. The molecular formula is C11H11NS2. The third-order valence-electron chi connectivity index (χ3n) is 1.80. The van der Waals surface area contributed by atoms with E-state index in [1.165, 1.54) is 5.56 Å². The van der Waals surface area contributed by atoms with Crippen LogP contribution in [0.4, 0.5) is 0 Å². The molecule has 0 spiro atoms. The zero-order valence-electron chi connectivity index (χ0n) is 7.93. The highest BCUT2D eigenvalue weighted by atomic mass is 32.2. The fraction of sp³-hybridized carbons (Fsp3) is 0.182. The fourth-order valence-electron chi connectivity index (χ4n) is 1.12. The first-order valence-corrected chi connectivity index (χ1v) is 6.30. The van der Waals surface area contributed by atoms with Crippen LogP contribution in [0.2, 0.25) is 0 Å². The van der Waals surface area contributed by atoms with Gasteiger partial charge in [-0.05, 0) is 12.5 Å². The summed E-state index contributed by atoms with van der Waals surface area (Å²) in [5.74, 6) is 1.01. The second-order valence-corrected chi connectivity index (χ2v) is 5.11. The van der Waals surface area contributed by atoms with Crippen molar-refractivity contribution in [2.75, 3.05) is 0 Å². The number of rotatable bonds is 3. The van der Waals surface area contributed by atoms with Crippen molar-refractivity contribution < 1.29 is 0 Å². The lowest BCUT2D eigenvalue weighted by Crippen LogP contribution is -1.78. The Morgan fingerprint density at radius 2 is 2.07 bits per heavy atom. The first-order valence-electron chi connectivity index (χ1n) is 4.43. The van der Waals surface area contributed by atoms with E-state index in [1.807, 2.05) is 13.0 Å². The molecule has 0 aliphatic heterocycles. The van der Waals surface area contributed by atoms with Crippen molar-refractivity contribution in [1.29, 1.82) is 0 Å². The van der Waals surface area contributed by atoms with E-state index in [0.29, 0.717) is 0 Å². The van der Waals surface area contributed by atoms with Gasteiger partial charge in [-0.1, -0.05) is 42.1 Å². The molecule has 0 saturated carbocycles. The molecule has 0 N–H and O–H groups in total. The molecule has 0 aliphatic rings. The Bertz CT molecular complexity index is 395. The summed E-state index contributed by atoms with van der Waals surface area (Å²) < 4.78 is 1.16. The van der Waals surface area contributed by atoms with Crippen LogP contribution < -0.4 is 0 Å². The van der Waals surface area contributed by atoms with Crippen molar-refractivity contribution in [1.82, 2.24) is 4.98 Å². The minimum atomic E-state index is 1.01. The minimum absolute atomic E-state index is 1.01. The lowest BCUT2D eigenvalue weighted by Gasteiger charge is -1.97. The van der Waals surface area contributed by atoms with Crippen LogP contribution in [-0.4, -0.2) is 4.98 Å². The predicted molar refractivity (Wildman–Crippen MR) is 62.9 cm³/mol. The highest BCUT2D eigenvalue weighted by molar-refractivity contribution is 8.00. The quantitative estimate of drug-likeness (QED) is 0.732. The van der Waals surface area contributed by atoms with E-state index < -0.39 is 0 Å². The summed E-state index contributed by atoms with van der Waals surface area (Å²) in [5.41, 5.74) is 2.47. The van der Waals surface area contributed by atoms with Crippen LogP contribution in [0, 0.1) is 6.92 Å². The van der Waals surface area contributed by atoms with E-state index in [4.69, 9.17) is 0 Å². The first kappa shape index (κ1) is 9.74. The van der Waals surface area contributed by atoms with Gasteiger partial charge in [-0.15, -0.1) is 11.3 Å². The van der Waals surface area contributed by atoms with Crippen molar-refractivity contribution in [2.45, 2.75) is 17.0 Å². The maximum Gasteiger partial charge on any atom is 0.150 e. The highest BCUT2D eigenvalue weighted by Gasteiger charge is 1.99. The summed E-state index contributed by atoms with van der Waals surface area (Å²) in [7, 11) is 0. The number of aromatic nitrogens is 1. The Morgan fingerprint density at radius 3 is 2.71 bits per heavy atom. The normalized spacial score (nSPS) is 10.4. The van der Waals surface area contributed by atoms with Gasteiger partial charge >= 0.3 is 0 Å². The molecular weight excluding hydrogens is 210 g/mol. The van der Waals surface area contributed by atoms with Crippen LogP contribution in [0.5, 0.6) is 0 Å². The third kappa shape index (κ3) is 2.59. The number of thiazole rings is 1. The van der Waals surface area contributed by atoms with Crippen molar-refractivity contribution in [2.24, 2.45) is 0 Å². The maximum atomic E-state index is 4.41. The summed E-state index contributed by atoms with van der Waals surface area (Å²) in [4.78, 5) is 4.41. The lowest BCUT2D eigenvalue weighted by atomic mass is 10.2. The van der Waals surface area contributed by atoms with Gasteiger partial charge in [0.25, 0.3) is 0 Å². The van der Waals surface area contributed by atoms with Gasteiger partial charge in [0.2, 0.25) is 0 Å². The molecule has 2 aromatic rings. The van der Waals surface area contributed by atoms with E-state index in [0.717, 1.165) is 15.8 Å². The standard InChI is InChI=1S/C11H11NS2/c1-9-7-13-11(12-9)14-8-10-5-3-2-4-6-10/h2-7H,8H2,1H3. The summed E-state index contributed by atoms with van der Waals surface area (Å²) >= 11 is 3.52. The molecule has 3 heteroatoms. The van der Waals surface area contributed by atoms with Gasteiger partial charge in [0.15, 0.2) is 0 Å². The van der Waals surface area contributed by atoms with Gasteiger partial charge in [-0.2, -0.15) is 0 Å². The Labute approximate surface area is 92.2 Å². The third-order valence-corrected chi connectivity index (χ3v) is 4.01. The smallest absolute Gasteiger partial charge is 0.150 e. The lowest BCUT2D eigenvalue weighted by molar-refractivity contribution is 1.16. The average Bonchev–Trinajstić information content (AvgIpc) is 2.63. The van der Waals surface area contributed by atoms with Gasteiger partial charge in [-0.25, -0.2) is 4.98 Å². The Hall–Kier alpha value is -0.800. The second kappa shape index (κ2) is 4.62. The summed E-state index contributed by atoms with van der Waals surface area (Å²) in [6.07, 6.45) is 0. The fourth-order valence-corrected chi connectivity index (χ4v) is 2.92. The Morgan fingerprint density at radius 1 is 1.29 bits per heavy atom. The second-order valence-electron chi connectivity index (χ2n) is 3.03. The molecule has 0 unspecified atom stereocenters. The molecule has 0 amide bonds. The molecule has 0 saturated heterocycles. The molecule has 0 atom stereocenters. The molecule has 1 aromatic heterocycles. The molecule has 1 nitrogen and oxygen atoms in total. The Balaban J connectivity index is 1.95. The van der Waals surface area contributed by atoms with Gasteiger partial charge in [0.1, 0.15) is 4.34 Å². The molecule has 14 heavy (non-hydrogen) atoms. The number of hydrogen-bond acceptors (Lipinski definition) is 3. The topological polar surface area (TPSA) is 12.9 Å². The number of benzene rings is 1. The molecule has 0 bridgehead atoms. The van der Waals surface area contributed by atoms with Crippen LogP contribution in [0.1, 0.15) is 11.3 Å². The van der Waals surface area contributed by atoms with Gasteiger partial charge in [0, 0.05) is 16.8 Å². The minimum Gasteiger partial charge on any atom is -0.235 e. The molecule has 2 rings (SSSR count). The monoisotopic (exact) mass is 221 g/mol. The molecule has 1 heterocycles. The number of aryl methyl sites for hydroxylation is 1. The molecule has 0 radical (unpaired) electrons. The van der Waals surface area contributed by atoms with E-state index in [2.05, 4.69) is 34.6 Å². The predicted octanol–water partition coefficient (Wildman–Crippen LogP) is 3.74. The molecule has 0 fully saturated rings. The van der Waals surface area contributed by atoms with Crippen LogP contribution in [-0.2, 0) is 5.75 Å². The van der Waals surface area contributed by atoms with E-state index >= 15 is 0 Å². The SMILES string of the molecule is Cc1csc(SCc2ccccc2)n1. The number of thioether (sulfide) groups is 1. The first-order chi connectivity index (χ1) is 6.84. The number of hydrogen-bond donors (Lipinski definition) is 0. The van der Waals surface area contributed by atoms with Crippen LogP contribution in [0.3, 0.4) is 0 Å². The zero-order chi connectivity index (χ0) is 9.80. The van der Waals surface area contributed by atoms with Gasteiger partial charge < -0.3 is 0 Å². The summed E-state index contributed by atoms with van der Waals surface area (Å²) in [6, 6.07) is 10.5. The van der Waals surface area contributed by atoms with Crippen LogP contribution in [0.15, 0.2) is 40.1 Å². The average molecular weight is 221 g/mol. The van der Waals surface area contributed by atoms with Crippen molar-refractivity contribution in [3.8, 4) is 0 Å². The number of nitrogens with zero attached hydrogens (tertiary/aromatic N) is 1. The van der Waals surface area contributed by atoms with Gasteiger partial charge in [0.05, 0.1) is 0 Å². The van der Waals surface area contributed by atoms with E-state index in [1.54, 1.807) is 23.1 Å². The zero-order valence-corrected chi connectivity index (χ0v) is 9.57. The summed E-state index contributed by atoms with van der Waals surface area (Å²) in [5, 5.41) is 2.09. The van der Waals surface area contributed by atoms with Crippen molar-refractivity contribution in [3.05, 3.63) is 47.0 Å². The van der Waals surface area contributed by atoms with Gasteiger partial charge in [-0.3, -0.25) is 0 Å². The molecule has 72 valence electrons. The summed E-state index contributed by atoms with van der Waals surface area (Å²) in [6.45, 7) is 2.03. The van der Waals surface area contributed by atoms with Crippen LogP contribution >= 0.6 is 23.1 Å². The van der Waals surface area contributed by atoms with Crippen molar-refractivity contribution in [3.63, 3.8) is 0 Å². The van der Waals surface area contributed by atoms with E-state index in [9.17, 15) is 0 Å². The highest BCUT2D eigenvalue weighted by Crippen LogP contribution is 2.25. The Kier molecular flexibility index (Phi) is 3.22. The van der Waals surface area contributed by atoms with E-state index in [-0.39, 0.29) is 0 Å². The largest absolute Gasteiger partial charge is 0.235 e. The van der Waals surface area contributed by atoms with Crippen molar-refractivity contribution >= 4 is 23.1 Å². The van der Waals surface area contributed by atoms with Crippen LogP contribution in [0.25, 0.3) is 0 Å².